The number of hydrogen-bond acceptors (Lipinski definition) is 5. The molecule has 0 atom stereocenters. The van der Waals surface area contributed by atoms with E-state index < -0.39 is 5.91 Å². The predicted molar refractivity (Wildman–Crippen MR) is 121 cm³/mol. The minimum atomic E-state index is -0.448. The minimum Gasteiger partial charge on any atom is -0.493 e. The molecule has 0 bridgehead atoms. The number of carbonyl (C=O) groups excluding carboxylic acids is 2. The van der Waals surface area contributed by atoms with Crippen molar-refractivity contribution in [3.63, 3.8) is 0 Å². The molecular weight excluding hydrogens is 408 g/mol. The molecule has 32 heavy (non-hydrogen) atoms. The molecule has 0 radical (unpaired) electrons. The van der Waals surface area contributed by atoms with E-state index in [2.05, 4.69) is 10.6 Å². The first-order valence-electron chi connectivity index (χ1n) is 10.2. The smallest absolute Gasteiger partial charge is 0.268 e. The van der Waals surface area contributed by atoms with Gasteiger partial charge in [0.25, 0.3) is 11.8 Å². The number of furan rings is 1. The first kappa shape index (κ1) is 22.7. The summed E-state index contributed by atoms with van der Waals surface area (Å²) in [5.74, 6) is 0.825. The van der Waals surface area contributed by atoms with Gasteiger partial charge < -0.3 is 24.5 Å². The minimum absolute atomic E-state index is 0.0732. The quantitative estimate of drug-likeness (QED) is 0.495. The van der Waals surface area contributed by atoms with Crippen LogP contribution in [0.3, 0.4) is 0 Å². The summed E-state index contributed by atoms with van der Waals surface area (Å²) in [6.45, 7) is 4.55. The number of aryl methyl sites for hydroxylation is 1. The van der Waals surface area contributed by atoms with E-state index in [1.165, 1.54) is 12.3 Å². The number of ether oxygens (including phenoxy) is 2. The number of carbonyl (C=O) groups is 2. The fourth-order valence-electron chi connectivity index (χ4n) is 2.95. The van der Waals surface area contributed by atoms with Crippen molar-refractivity contribution in [2.24, 2.45) is 0 Å². The van der Waals surface area contributed by atoms with Crippen molar-refractivity contribution in [1.82, 2.24) is 10.6 Å². The standard InChI is InChI=1S/C25H26N2O5/c1-4-31-23-14-18(9-12-22(23)30-3)16-26-25(29)21(15-20-6-5-13-32-20)27-24(28)19-10-7-17(2)8-11-19/h5-15H,4,16H2,1-3H3,(H,26,29)(H,27,28)/b21-15-. The van der Waals surface area contributed by atoms with Crippen LogP contribution in [0.5, 0.6) is 11.5 Å². The molecule has 0 aliphatic heterocycles. The zero-order chi connectivity index (χ0) is 22.9. The Morgan fingerprint density at radius 1 is 1.06 bits per heavy atom. The average Bonchev–Trinajstić information content (AvgIpc) is 3.31. The highest BCUT2D eigenvalue weighted by atomic mass is 16.5. The molecular formula is C25H26N2O5. The lowest BCUT2D eigenvalue weighted by Crippen LogP contribution is -2.34. The van der Waals surface area contributed by atoms with Gasteiger partial charge in [0.15, 0.2) is 11.5 Å². The maximum Gasteiger partial charge on any atom is 0.268 e. The molecule has 0 spiro atoms. The van der Waals surface area contributed by atoms with Crippen LogP contribution in [0.25, 0.3) is 6.08 Å². The van der Waals surface area contributed by atoms with Gasteiger partial charge >= 0.3 is 0 Å². The zero-order valence-electron chi connectivity index (χ0n) is 18.3. The number of hydrogen-bond donors (Lipinski definition) is 2. The Balaban J connectivity index is 1.75. The van der Waals surface area contributed by atoms with Crippen LogP contribution in [0.2, 0.25) is 0 Å². The second-order valence-electron chi connectivity index (χ2n) is 6.99. The van der Waals surface area contributed by atoms with E-state index in [9.17, 15) is 9.59 Å². The van der Waals surface area contributed by atoms with Gasteiger partial charge in [-0.1, -0.05) is 23.8 Å². The van der Waals surface area contributed by atoms with Crippen LogP contribution in [-0.4, -0.2) is 25.5 Å². The maximum absolute atomic E-state index is 12.9. The third-order valence-corrected chi connectivity index (χ3v) is 4.62. The monoisotopic (exact) mass is 434 g/mol. The maximum atomic E-state index is 12.9. The Labute approximate surface area is 187 Å². The SMILES string of the molecule is CCOc1cc(CNC(=O)/C(=C/c2ccco2)NC(=O)c2ccc(C)cc2)ccc1OC. The Morgan fingerprint density at radius 3 is 2.50 bits per heavy atom. The molecule has 2 aromatic carbocycles. The summed E-state index contributed by atoms with van der Waals surface area (Å²) in [5, 5.41) is 5.51. The van der Waals surface area contributed by atoms with Crippen LogP contribution in [-0.2, 0) is 11.3 Å². The molecule has 0 unspecified atom stereocenters. The number of rotatable bonds is 9. The van der Waals surface area contributed by atoms with Crippen LogP contribution in [0.4, 0.5) is 0 Å². The van der Waals surface area contributed by atoms with Crippen LogP contribution < -0.4 is 20.1 Å². The summed E-state index contributed by atoms with van der Waals surface area (Å²) >= 11 is 0. The normalized spacial score (nSPS) is 11.0. The van der Waals surface area contributed by atoms with Crippen molar-refractivity contribution in [1.29, 1.82) is 0 Å². The van der Waals surface area contributed by atoms with Gasteiger partial charge in [0.1, 0.15) is 11.5 Å². The Kier molecular flexibility index (Phi) is 7.70. The Morgan fingerprint density at radius 2 is 1.84 bits per heavy atom. The van der Waals surface area contributed by atoms with Crippen molar-refractivity contribution < 1.29 is 23.5 Å². The summed E-state index contributed by atoms with van der Waals surface area (Å²) in [7, 11) is 1.57. The van der Waals surface area contributed by atoms with E-state index in [0.717, 1.165) is 11.1 Å². The summed E-state index contributed by atoms with van der Waals surface area (Å²) in [5.41, 5.74) is 2.38. The van der Waals surface area contributed by atoms with E-state index in [4.69, 9.17) is 13.9 Å². The van der Waals surface area contributed by atoms with E-state index >= 15 is 0 Å². The summed E-state index contributed by atoms with van der Waals surface area (Å²) in [6, 6.07) is 15.9. The number of methoxy groups -OCH3 is 1. The second-order valence-corrected chi connectivity index (χ2v) is 6.99. The molecule has 0 fully saturated rings. The van der Waals surface area contributed by atoms with Crippen molar-refractivity contribution in [2.45, 2.75) is 20.4 Å². The van der Waals surface area contributed by atoms with Crippen LogP contribution in [0, 0.1) is 6.92 Å². The molecule has 2 N–H and O–H groups in total. The van der Waals surface area contributed by atoms with Gasteiger partial charge in [0.2, 0.25) is 0 Å². The second kappa shape index (κ2) is 10.9. The van der Waals surface area contributed by atoms with Crippen molar-refractivity contribution >= 4 is 17.9 Å². The van der Waals surface area contributed by atoms with Gasteiger partial charge in [0.05, 0.1) is 20.0 Å². The predicted octanol–water partition coefficient (Wildman–Crippen LogP) is 4.08. The number of amides is 2. The topological polar surface area (TPSA) is 89.8 Å². The Bertz CT molecular complexity index is 1090. The van der Waals surface area contributed by atoms with E-state index in [1.807, 2.05) is 38.1 Å². The molecule has 3 aromatic rings. The van der Waals surface area contributed by atoms with Crippen LogP contribution in [0.15, 0.2) is 71.0 Å². The highest BCUT2D eigenvalue weighted by Gasteiger charge is 2.16. The van der Waals surface area contributed by atoms with Gasteiger partial charge in [-0.3, -0.25) is 9.59 Å². The van der Waals surface area contributed by atoms with Crippen molar-refractivity contribution in [2.75, 3.05) is 13.7 Å². The molecule has 7 heteroatoms. The number of nitrogens with one attached hydrogen (secondary N) is 2. The third kappa shape index (κ3) is 6.01. The van der Waals surface area contributed by atoms with Gasteiger partial charge in [-0.15, -0.1) is 0 Å². The largest absolute Gasteiger partial charge is 0.493 e. The Hall–Kier alpha value is -4.00. The summed E-state index contributed by atoms with van der Waals surface area (Å²) in [6.07, 6.45) is 2.98. The summed E-state index contributed by atoms with van der Waals surface area (Å²) in [4.78, 5) is 25.6. The van der Waals surface area contributed by atoms with Crippen LogP contribution >= 0.6 is 0 Å². The lowest BCUT2D eigenvalue weighted by Gasteiger charge is -2.13. The van der Waals surface area contributed by atoms with E-state index in [1.54, 1.807) is 37.4 Å². The highest BCUT2D eigenvalue weighted by molar-refractivity contribution is 6.05. The van der Waals surface area contributed by atoms with Gasteiger partial charge in [-0.25, -0.2) is 0 Å². The third-order valence-electron chi connectivity index (χ3n) is 4.62. The fraction of sp³-hybridized carbons (Fsp3) is 0.200. The molecule has 0 saturated carbocycles. The highest BCUT2D eigenvalue weighted by Crippen LogP contribution is 2.28. The molecule has 7 nitrogen and oxygen atoms in total. The molecule has 1 heterocycles. The molecule has 1 aromatic heterocycles. The van der Waals surface area contributed by atoms with E-state index in [0.29, 0.717) is 29.4 Å². The van der Waals surface area contributed by atoms with Crippen molar-refractivity contribution in [3.05, 3.63) is 89.0 Å². The average molecular weight is 434 g/mol. The first-order valence-corrected chi connectivity index (χ1v) is 10.2. The van der Waals surface area contributed by atoms with Gasteiger partial charge in [-0.2, -0.15) is 0 Å². The molecule has 3 rings (SSSR count). The molecule has 0 aliphatic carbocycles. The van der Waals surface area contributed by atoms with Crippen LogP contribution in [0.1, 0.15) is 34.2 Å². The van der Waals surface area contributed by atoms with E-state index in [-0.39, 0.29) is 18.1 Å². The lowest BCUT2D eigenvalue weighted by molar-refractivity contribution is -0.117. The lowest BCUT2D eigenvalue weighted by atomic mass is 10.1. The molecule has 0 saturated heterocycles. The van der Waals surface area contributed by atoms with Crippen molar-refractivity contribution in [3.8, 4) is 11.5 Å². The first-order chi connectivity index (χ1) is 15.5. The summed E-state index contributed by atoms with van der Waals surface area (Å²) < 4.78 is 16.2. The van der Waals surface area contributed by atoms with Gasteiger partial charge in [-0.05, 0) is 55.8 Å². The molecule has 2 amide bonds. The zero-order valence-corrected chi connectivity index (χ0v) is 18.3. The molecule has 0 aliphatic rings. The van der Waals surface area contributed by atoms with Gasteiger partial charge in [0, 0.05) is 18.2 Å². The number of benzene rings is 2. The fourth-order valence-corrected chi connectivity index (χ4v) is 2.95. The molecule has 166 valence electrons.